The molecule has 0 atom stereocenters. The monoisotopic (exact) mass is 1230 g/mol. The molecule has 0 spiro atoms. The van der Waals surface area contributed by atoms with Crippen molar-refractivity contribution in [2.45, 2.75) is 146 Å². The average Bonchev–Trinajstić information content (AvgIpc) is 3.13. The van der Waals surface area contributed by atoms with Gasteiger partial charge in [0.15, 0.2) is 0 Å². The van der Waals surface area contributed by atoms with E-state index in [9.17, 15) is 171 Å². The van der Waals surface area contributed by atoms with Crippen LogP contribution in [0.25, 0.3) is 0 Å². The normalized spacial score (nSPS) is 16.3. The van der Waals surface area contributed by atoms with Crippen molar-refractivity contribution in [3.63, 3.8) is 0 Å². The number of rotatable bonds is 21. The zero-order chi connectivity index (χ0) is 57.0. The van der Waals surface area contributed by atoms with Gasteiger partial charge in [-0.05, 0) is 0 Å². The molecule has 411 valence electrons. The van der Waals surface area contributed by atoms with Crippen LogP contribution in [0.1, 0.15) is 36.0 Å². The van der Waals surface area contributed by atoms with Crippen molar-refractivity contribution in [1.29, 1.82) is 0 Å². The molecule has 0 fully saturated rings. The molecule has 70 heavy (non-hydrogen) atoms. The first-order valence-corrected chi connectivity index (χ1v) is 18.1. The van der Waals surface area contributed by atoms with Gasteiger partial charge in [-0.1, -0.05) is 0 Å². The number of benzene rings is 1. The van der Waals surface area contributed by atoms with E-state index in [1.807, 2.05) is 0 Å². The third-order valence-electron chi connectivity index (χ3n) is 9.61. The van der Waals surface area contributed by atoms with Gasteiger partial charge in [-0.3, -0.25) is 0 Å². The standard InChI is InChI=1S/C30H14F39.Sn/c31-13(32,16(37,38)19(43,44)22(49,50)25(55,56)28(61,62)63)7-4-10-2-1-3-11(5-8-14(33,34)17(39,40)20(45,46)23(51,52)26(57,58)29(64,65)66)12(10)6-9-15(35,36)18(41,42)21(47,48)24(53,54)27(59,60)30(67,68)69;/h1-2H,4-9H2;. The van der Waals surface area contributed by atoms with Gasteiger partial charge in [0, 0.05) is 0 Å². The molecule has 0 saturated carbocycles. The summed E-state index contributed by atoms with van der Waals surface area (Å²) in [5.41, 5.74) is -6.32. The molecule has 0 saturated heterocycles. The Morgan fingerprint density at radius 2 is 0.443 bits per heavy atom. The van der Waals surface area contributed by atoms with Gasteiger partial charge in [0.1, 0.15) is 0 Å². The first kappa shape index (κ1) is 65.3. The van der Waals surface area contributed by atoms with E-state index in [1.165, 1.54) is 0 Å². The predicted molar refractivity (Wildman–Crippen MR) is 149 cm³/mol. The molecule has 0 aliphatic carbocycles. The second-order valence-corrected chi connectivity index (χ2v) is 15.8. The Labute approximate surface area is 372 Å². The fourth-order valence-corrected chi connectivity index (χ4v) is 6.33. The third kappa shape index (κ3) is 9.64. The maximum absolute atomic E-state index is 14.8. The Hall–Kier alpha value is -2.71. The molecular formula is C30H14F39Sn. The summed E-state index contributed by atoms with van der Waals surface area (Å²) in [6.45, 7) is 0. The summed E-state index contributed by atoms with van der Waals surface area (Å²) in [7, 11) is 0. The van der Waals surface area contributed by atoms with Gasteiger partial charge in [-0.2, -0.15) is 13.2 Å². The molecule has 1 aromatic rings. The van der Waals surface area contributed by atoms with E-state index in [0.717, 1.165) is 0 Å². The van der Waals surface area contributed by atoms with Crippen LogP contribution in [0.3, 0.4) is 0 Å². The van der Waals surface area contributed by atoms with Gasteiger partial charge in [-0.15, -0.1) is 0 Å². The molecule has 0 nitrogen and oxygen atoms in total. The molecule has 1 rings (SSSR count). The van der Waals surface area contributed by atoms with E-state index in [2.05, 4.69) is 0 Å². The topological polar surface area (TPSA) is 0 Å². The van der Waals surface area contributed by atoms with E-state index in [4.69, 9.17) is 0 Å². The van der Waals surface area contributed by atoms with E-state index in [1.54, 1.807) is 0 Å². The Morgan fingerprint density at radius 1 is 0.243 bits per heavy atom. The number of hydrogen-bond acceptors (Lipinski definition) is 0. The van der Waals surface area contributed by atoms with E-state index >= 15 is 0 Å². The fraction of sp³-hybridized carbons (Fsp3) is 0.800. The molecule has 0 N–H and O–H groups in total. The summed E-state index contributed by atoms with van der Waals surface area (Å²) >= 11 is -0.736. The average molecular weight is 1230 g/mol. The molecule has 0 unspecified atom stereocenters. The molecule has 1 aromatic carbocycles. The first-order valence-electron chi connectivity index (χ1n) is 16.7. The predicted octanol–water partition coefficient (Wildman–Crippen LogP) is 14.5. The number of aryl methyl sites for hydroxylation is 1. The Balaban J connectivity index is 4.20. The van der Waals surface area contributed by atoms with Gasteiger partial charge >= 0.3 is 359 Å². The third-order valence-corrected chi connectivity index (χ3v) is 10.9. The zero-order valence-corrected chi connectivity index (χ0v) is 34.5. The van der Waals surface area contributed by atoms with Crippen molar-refractivity contribution in [3.8, 4) is 0 Å². The van der Waals surface area contributed by atoms with Crippen LogP contribution < -0.4 is 3.58 Å². The molecule has 3 radical (unpaired) electrons. The zero-order valence-electron chi connectivity index (χ0n) is 31.6. The minimum absolute atomic E-state index is 0.0427. The van der Waals surface area contributed by atoms with Crippen molar-refractivity contribution < 1.29 is 171 Å². The van der Waals surface area contributed by atoms with Crippen LogP contribution >= 0.6 is 0 Å². The van der Waals surface area contributed by atoms with E-state index in [-0.39, 0.29) is 12.1 Å². The summed E-state index contributed by atoms with van der Waals surface area (Å²) < 4.78 is 531. The van der Waals surface area contributed by atoms with Gasteiger partial charge in [0.2, 0.25) is 0 Å². The molecule has 0 aliphatic heterocycles. The van der Waals surface area contributed by atoms with Crippen LogP contribution in [-0.2, 0) is 19.3 Å². The summed E-state index contributed by atoms with van der Waals surface area (Å²) in [5.74, 6) is -124. The van der Waals surface area contributed by atoms with Crippen molar-refractivity contribution >= 4 is 26.1 Å². The van der Waals surface area contributed by atoms with Gasteiger partial charge in [0.25, 0.3) is 0 Å². The maximum atomic E-state index is 14.8. The second-order valence-electron chi connectivity index (χ2n) is 14.2. The van der Waals surface area contributed by atoms with E-state index in [0.29, 0.717) is 0 Å². The first-order chi connectivity index (χ1) is 29.9. The van der Waals surface area contributed by atoms with Crippen LogP contribution in [0.15, 0.2) is 12.1 Å². The molecule has 0 aromatic heterocycles. The molecule has 0 amide bonds. The van der Waals surface area contributed by atoms with E-state index < -0.39 is 189 Å². The quantitative estimate of drug-likeness (QED) is 0.0850. The van der Waals surface area contributed by atoms with Crippen LogP contribution in [0.5, 0.6) is 0 Å². The second kappa shape index (κ2) is 18.0. The molecule has 0 bridgehead atoms. The molecule has 0 heterocycles. The van der Waals surface area contributed by atoms with Crippen LogP contribution in [0.2, 0.25) is 0 Å². The van der Waals surface area contributed by atoms with Crippen molar-refractivity contribution in [3.05, 3.63) is 28.8 Å². The number of alkyl halides is 39. The Morgan fingerprint density at radius 3 is 0.671 bits per heavy atom. The van der Waals surface area contributed by atoms with Crippen molar-refractivity contribution in [2.24, 2.45) is 0 Å². The SMILES string of the molecule is FC(F)(F)C(F)(F)C(F)(F)C(F)(F)C(F)(F)C(F)(F)CCc1cc[c]([Sn])c(CCC(F)(F)C(F)(F)C(F)(F)C(F)(F)C(F)(F)C(F)(F)F)c1CCC(F)(F)C(F)(F)C(F)(F)C(F)(F)C(F)(F)C(F)(F)F. The summed E-state index contributed by atoms with van der Waals surface area (Å²) in [6.07, 6.45) is -43.5. The minimum atomic E-state index is -8.71. The van der Waals surface area contributed by atoms with Crippen molar-refractivity contribution in [2.75, 3.05) is 0 Å². The molecular weight excluding hydrogens is 1220 g/mol. The van der Waals surface area contributed by atoms with Crippen molar-refractivity contribution in [1.82, 2.24) is 0 Å². The Bertz CT molecular complexity index is 1990. The van der Waals surface area contributed by atoms with Gasteiger partial charge in [-0.25, -0.2) is 0 Å². The van der Waals surface area contributed by atoms with Crippen LogP contribution in [0.4, 0.5) is 171 Å². The fourth-order valence-electron chi connectivity index (χ4n) is 5.31. The summed E-state index contributed by atoms with van der Waals surface area (Å²) in [5, 5.41) is 0. The van der Waals surface area contributed by atoms with Crippen LogP contribution in [-0.4, -0.2) is 130 Å². The molecule has 0 aliphatic rings. The van der Waals surface area contributed by atoms with Gasteiger partial charge in [0.05, 0.1) is 0 Å². The number of halogens is 39. The van der Waals surface area contributed by atoms with Crippen LogP contribution in [0, 0.1) is 0 Å². The summed E-state index contributed by atoms with van der Waals surface area (Å²) in [6, 6.07) is -0.301. The number of hydrogen-bond donors (Lipinski definition) is 0. The molecule has 40 heteroatoms. The van der Waals surface area contributed by atoms with Gasteiger partial charge < -0.3 is 0 Å². The summed E-state index contributed by atoms with van der Waals surface area (Å²) in [4.78, 5) is 0. The Kier molecular flexibility index (Phi) is 16.8.